The van der Waals surface area contributed by atoms with Gasteiger partial charge in [0.15, 0.2) is 0 Å². The Morgan fingerprint density at radius 2 is 2.15 bits per heavy atom. The number of carbonyl (C=O) groups is 1. The van der Waals surface area contributed by atoms with Gasteiger partial charge in [-0.2, -0.15) is 0 Å². The van der Waals surface area contributed by atoms with Gasteiger partial charge in [0.1, 0.15) is 11.9 Å². The Kier molecular flexibility index (Phi) is 3.37. The van der Waals surface area contributed by atoms with Gasteiger partial charge in [-0.1, -0.05) is 18.2 Å². The van der Waals surface area contributed by atoms with Crippen LogP contribution in [-0.4, -0.2) is 17.6 Å². The van der Waals surface area contributed by atoms with E-state index in [1.807, 2.05) is 36.4 Å². The predicted octanol–water partition coefficient (Wildman–Crippen LogP) is 3.14. The molecule has 0 aliphatic carbocycles. The molecule has 0 saturated heterocycles. The molecule has 0 amide bonds. The van der Waals surface area contributed by atoms with Gasteiger partial charge in [-0.15, -0.1) is 0 Å². The van der Waals surface area contributed by atoms with Gasteiger partial charge in [0.2, 0.25) is 0 Å². The second kappa shape index (κ2) is 5.33. The molecule has 3 rings (SSSR count). The normalized spacial score (nSPS) is 15.8. The largest absolute Gasteiger partial charge is 0.484 e. The van der Waals surface area contributed by atoms with Crippen molar-refractivity contribution in [3.63, 3.8) is 0 Å². The van der Waals surface area contributed by atoms with E-state index in [4.69, 9.17) is 9.47 Å². The van der Waals surface area contributed by atoms with Crippen molar-refractivity contribution in [2.75, 3.05) is 6.61 Å². The van der Waals surface area contributed by atoms with Gasteiger partial charge >= 0.3 is 5.97 Å². The Morgan fingerprint density at radius 1 is 1.30 bits per heavy atom. The highest BCUT2D eigenvalue weighted by Gasteiger charge is 2.28. The van der Waals surface area contributed by atoms with Crippen LogP contribution in [-0.2, 0) is 9.53 Å². The molecule has 0 radical (unpaired) electrons. The fourth-order valence-electron chi connectivity index (χ4n) is 2.41. The van der Waals surface area contributed by atoms with Gasteiger partial charge in [-0.05, 0) is 25.1 Å². The van der Waals surface area contributed by atoms with Crippen LogP contribution in [0.25, 0.3) is 11.3 Å². The summed E-state index contributed by atoms with van der Waals surface area (Å²) < 4.78 is 10.9. The molecule has 4 heteroatoms. The van der Waals surface area contributed by atoms with Crippen LogP contribution in [0.5, 0.6) is 5.75 Å². The Morgan fingerprint density at radius 3 is 3.00 bits per heavy atom. The van der Waals surface area contributed by atoms with E-state index < -0.39 is 0 Å². The summed E-state index contributed by atoms with van der Waals surface area (Å²) in [5.41, 5.74) is 2.77. The summed E-state index contributed by atoms with van der Waals surface area (Å²) in [4.78, 5) is 16.1. The van der Waals surface area contributed by atoms with Crippen LogP contribution in [0.3, 0.4) is 0 Å². The molecule has 1 aliphatic heterocycles. The van der Waals surface area contributed by atoms with Crippen molar-refractivity contribution < 1.29 is 14.3 Å². The third-order valence-corrected chi connectivity index (χ3v) is 3.25. The Hall–Kier alpha value is -2.36. The van der Waals surface area contributed by atoms with Gasteiger partial charge < -0.3 is 9.47 Å². The minimum atomic E-state index is -0.340. The number of para-hydroxylation sites is 1. The molecular formula is C16H15NO3. The Labute approximate surface area is 117 Å². The molecule has 1 aromatic carbocycles. The molecule has 2 heterocycles. The van der Waals surface area contributed by atoms with Crippen molar-refractivity contribution in [1.82, 2.24) is 4.98 Å². The second-order valence-corrected chi connectivity index (χ2v) is 4.55. The highest BCUT2D eigenvalue weighted by atomic mass is 16.5. The van der Waals surface area contributed by atoms with Gasteiger partial charge in [-0.3, -0.25) is 9.78 Å². The first-order valence-corrected chi connectivity index (χ1v) is 6.66. The SMILES string of the molecule is CCOC(=O)CC1Oc2ccccc2-c2ncccc21. The lowest BCUT2D eigenvalue weighted by atomic mass is 9.96. The summed E-state index contributed by atoms with van der Waals surface area (Å²) in [5.74, 6) is 0.500. The summed E-state index contributed by atoms with van der Waals surface area (Å²) in [6.07, 6.45) is 1.61. The molecule has 0 N–H and O–H groups in total. The molecule has 0 fully saturated rings. The number of fused-ring (bicyclic) bond motifs is 3. The topological polar surface area (TPSA) is 48.4 Å². The standard InChI is InChI=1S/C16H15NO3/c1-2-19-15(18)10-14-12-7-5-9-17-16(12)11-6-3-4-8-13(11)20-14/h3-9,14H,2,10H2,1H3. The fraction of sp³-hybridized carbons (Fsp3) is 0.250. The Balaban J connectivity index is 1.98. The average Bonchev–Trinajstić information content (AvgIpc) is 2.48. The predicted molar refractivity (Wildman–Crippen MR) is 74.3 cm³/mol. The van der Waals surface area contributed by atoms with Gasteiger partial charge in [0.05, 0.1) is 18.7 Å². The van der Waals surface area contributed by atoms with E-state index in [1.165, 1.54) is 0 Å². The molecule has 102 valence electrons. The zero-order valence-electron chi connectivity index (χ0n) is 11.2. The van der Waals surface area contributed by atoms with Crippen molar-refractivity contribution in [2.24, 2.45) is 0 Å². The number of nitrogens with zero attached hydrogens (tertiary/aromatic N) is 1. The van der Waals surface area contributed by atoms with Crippen molar-refractivity contribution in [2.45, 2.75) is 19.4 Å². The number of hydrogen-bond donors (Lipinski definition) is 0. The van der Waals surface area contributed by atoms with E-state index in [0.29, 0.717) is 6.61 Å². The highest BCUT2D eigenvalue weighted by Crippen LogP contribution is 2.41. The van der Waals surface area contributed by atoms with Crippen LogP contribution in [0, 0.1) is 0 Å². The maximum Gasteiger partial charge on any atom is 0.309 e. The van der Waals surface area contributed by atoms with Crippen molar-refractivity contribution in [3.8, 4) is 17.0 Å². The minimum absolute atomic E-state index is 0.195. The first-order valence-electron chi connectivity index (χ1n) is 6.66. The zero-order valence-corrected chi connectivity index (χ0v) is 11.2. The molecule has 1 atom stereocenters. The minimum Gasteiger partial charge on any atom is -0.484 e. The second-order valence-electron chi connectivity index (χ2n) is 4.55. The smallest absolute Gasteiger partial charge is 0.309 e. The number of rotatable bonds is 3. The molecule has 0 bridgehead atoms. The number of esters is 1. The lowest BCUT2D eigenvalue weighted by Crippen LogP contribution is -2.19. The van der Waals surface area contributed by atoms with Crippen LogP contribution in [0.15, 0.2) is 42.6 Å². The third kappa shape index (κ3) is 2.25. The molecule has 1 aromatic heterocycles. The maximum absolute atomic E-state index is 11.7. The van der Waals surface area contributed by atoms with E-state index in [2.05, 4.69) is 4.98 Å². The number of pyridine rings is 1. The highest BCUT2D eigenvalue weighted by molar-refractivity contribution is 5.75. The number of hydrogen-bond acceptors (Lipinski definition) is 4. The van der Waals surface area contributed by atoms with Crippen molar-refractivity contribution >= 4 is 5.97 Å². The lowest BCUT2D eigenvalue weighted by Gasteiger charge is -2.27. The Bertz CT molecular complexity index is 639. The number of carbonyl (C=O) groups excluding carboxylic acids is 1. The number of ether oxygens (including phenoxy) is 2. The molecule has 1 aliphatic rings. The number of benzene rings is 1. The lowest BCUT2D eigenvalue weighted by molar-refractivity contribution is -0.145. The summed E-state index contributed by atoms with van der Waals surface area (Å²) in [6, 6.07) is 11.5. The first kappa shape index (κ1) is 12.7. The van der Waals surface area contributed by atoms with Crippen molar-refractivity contribution in [3.05, 3.63) is 48.2 Å². The van der Waals surface area contributed by atoms with E-state index >= 15 is 0 Å². The zero-order chi connectivity index (χ0) is 13.9. The summed E-state index contributed by atoms with van der Waals surface area (Å²) in [5, 5.41) is 0. The average molecular weight is 269 g/mol. The third-order valence-electron chi connectivity index (χ3n) is 3.25. The summed E-state index contributed by atoms with van der Waals surface area (Å²) in [6.45, 7) is 2.17. The van der Waals surface area contributed by atoms with E-state index in [-0.39, 0.29) is 18.5 Å². The molecule has 2 aromatic rings. The monoisotopic (exact) mass is 269 g/mol. The molecule has 20 heavy (non-hydrogen) atoms. The van der Waals surface area contributed by atoms with Crippen LogP contribution in [0.4, 0.5) is 0 Å². The first-order chi connectivity index (χ1) is 9.79. The van der Waals surface area contributed by atoms with Gasteiger partial charge in [0, 0.05) is 17.3 Å². The summed E-state index contributed by atoms with van der Waals surface area (Å²) in [7, 11) is 0. The van der Waals surface area contributed by atoms with Crippen molar-refractivity contribution in [1.29, 1.82) is 0 Å². The van der Waals surface area contributed by atoms with Crippen LogP contribution in [0.2, 0.25) is 0 Å². The molecule has 4 nitrogen and oxygen atoms in total. The van der Waals surface area contributed by atoms with Gasteiger partial charge in [-0.25, -0.2) is 0 Å². The van der Waals surface area contributed by atoms with Gasteiger partial charge in [0.25, 0.3) is 0 Å². The molecular weight excluding hydrogens is 254 g/mol. The van der Waals surface area contributed by atoms with E-state index in [1.54, 1.807) is 13.1 Å². The quantitative estimate of drug-likeness (QED) is 0.803. The fourth-order valence-corrected chi connectivity index (χ4v) is 2.41. The number of aromatic nitrogens is 1. The van der Waals surface area contributed by atoms with Crippen LogP contribution < -0.4 is 4.74 Å². The maximum atomic E-state index is 11.7. The molecule has 1 unspecified atom stereocenters. The molecule has 0 spiro atoms. The summed E-state index contributed by atoms with van der Waals surface area (Å²) >= 11 is 0. The van der Waals surface area contributed by atoms with E-state index in [0.717, 1.165) is 22.6 Å². The molecule has 0 saturated carbocycles. The van der Waals surface area contributed by atoms with E-state index in [9.17, 15) is 4.79 Å². The van der Waals surface area contributed by atoms with Crippen LogP contribution in [0.1, 0.15) is 25.0 Å². The van der Waals surface area contributed by atoms with Crippen LogP contribution >= 0.6 is 0 Å².